The minimum atomic E-state index is -1.48. The summed E-state index contributed by atoms with van der Waals surface area (Å²) in [6.07, 6.45) is 4.57. The molecule has 2 aliphatic rings. The third kappa shape index (κ3) is 5.94. The van der Waals surface area contributed by atoms with Crippen LogP contribution in [0.1, 0.15) is 19.1 Å². The second-order valence-electron chi connectivity index (χ2n) is 9.71. The minimum absolute atomic E-state index is 0.0713. The Labute approximate surface area is 247 Å². The fourth-order valence-corrected chi connectivity index (χ4v) is 6.21. The molecule has 43 heavy (non-hydrogen) atoms. The number of aromatic nitrogens is 2. The maximum absolute atomic E-state index is 15.2. The molecule has 0 saturated carbocycles. The summed E-state index contributed by atoms with van der Waals surface area (Å²) in [4.78, 5) is 66.1. The van der Waals surface area contributed by atoms with Crippen LogP contribution < -0.4 is 26.2 Å². The van der Waals surface area contributed by atoms with Gasteiger partial charge >= 0.3 is 5.76 Å². The van der Waals surface area contributed by atoms with Crippen molar-refractivity contribution in [2.75, 3.05) is 12.9 Å². The lowest BCUT2D eigenvalue weighted by atomic mass is 10.0. The van der Waals surface area contributed by atoms with Gasteiger partial charge < -0.3 is 19.6 Å². The van der Waals surface area contributed by atoms with Crippen molar-refractivity contribution in [2.24, 2.45) is 0 Å². The van der Waals surface area contributed by atoms with Crippen molar-refractivity contribution < 1.29 is 42.5 Å². The van der Waals surface area contributed by atoms with E-state index in [9.17, 15) is 29.1 Å². The SMILES string of the molecule is CCC(=O)N[C@@H]1C(=O)N2C(C(=O)[O-])=C(C[n+]3ccc(-c4ccc(-n5cc(CC(=O)NOC)oc5=O)cc4F)cc3)CS[C@@H]12. The predicted molar refractivity (Wildman–Crippen MR) is 146 cm³/mol. The molecule has 4 heterocycles. The number of halogens is 1. The summed E-state index contributed by atoms with van der Waals surface area (Å²) in [5.74, 6) is -3.80. The van der Waals surface area contributed by atoms with Gasteiger partial charge in [0.1, 0.15) is 23.0 Å². The van der Waals surface area contributed by atoms with Gasteiger partial charge in [-0.2, -0.15) is 0 Å². The van der Waals surface area contributed by atoms with E-state index in [0.29, 0.717) is 16.9 Å². The van der Waals surface area contributed by atoms with Crippen LogP contribution in [0.25, 0.3) is 16.8 Å². The molecular formula is C28H26FN5O8S. The molecule has 0 unspecified atom stereocenters. The first-order valence-electron chi connectivity index (χ1n) is 13.1. The van der Waals surface area contributed by atoms with E-state index in [4.69, 9.17) is 4.42 Å². The number of β-lactam (4-membered cyclic amide) rings is 1. The highest BCUT2D eigenvalue weighted by molar-refractivity contribution is 8.00. The molecule has 2 aliphatic heterocycles. The number of carboxylic acid groups (broad SMARTS) is 1. The van der Waals surface area contributed by atoms with E-state index in [0.717, 1.165) is 9.47 Å². The summed E-state index contributed by atoms with van der Waals surface area (Å²) in [6.45, 7) is 1.81. The first kappa shape index (κ1) is 29.7. The monoisotopic (exact) mass is 611 g/mol. The van der Waals surface area contributed by atoms with Crippen LogP contribution in [0.4, 0.5) is 4.39 Å². The van der Waals surface area contributed by atoms with Crippen LogP contribution in [0.15, 0.2) is 69.4 Å². The van der Waals surface area contributed by atoms with Gasteiger partial charge in [-0.3, -0.25) is 24.1 Å². The number of hydrogen-bond donors (Lipinski definition) is 2. The number of aliphatic carboxylic acids is 1. The molecule has 15 heteroatoms. The number of rotatable bonds is 10. The number of amides is 3. The lowest BCUT2D eigenvalue weighted by Gasteiger charge is -2.50. The van der Waals surface area contributed by atoms with E-state index < -0.39 is 40.8 Å². The van der Waals surface area contributed by atoms with Gasteiger partial charge in [0.2, 0.25) is 5.91 Å². The predicted octanol–water partition coefficient (Wildman–Crippen LogP) is -0.442. The molecule has 2 atom stereocenters. The van der Waals surface area contributed by atoms with Crippen LogP contribution in [0.5, 0.6) is 0 Å². The normalized spacial score (nSPS) is 17.7. The zero-order chi connectivity index (χ0) is 30.8. The van der Waals surface area contributed by atoms with Crippen molar-refractivity contribution >= 4 is 35.5 Å². The smallest absolute Gasteiger partial charge is 0.423 e. The topological polar surface area (TPSA) is 167 Å². The molecule has 1 fully saturated rings. The van der Waals surface area contributed by atoms with Gasteiger partial charge in [-0.1, -0.05) is 6.92 Å². The lowest BCUT2D eigenvalue weighted by Crippen LogP contribution is -2.71. The number of carbonyl (C=O) groups is 4. The highest BCUT2D eigenvalue weighted by Crippen LogP contribution is 2.40. The van der Waals surface area contributed by atoms with Crippen molar-refractivity contribution in [3.8, 4) is 16.8 Å². The van der Waals surface area contributed by atoms with Crippen LogP contribution >= 0.6 is 11.8 Å². The Morgan fingerprint density at radius 3 is 2.58 bits per heavy atom. The summed E-state index contributed by atoms with van der Waals surface area (Å²) in [5.41, 5.74) is 3.36. The van der Waals surface area contributed by atoms with E-state index in [1.165, 1.54) is 43.3 Å². The van der Waals surface area contributed by atoms with Gasteiger partial charge in [0, 0.05) is 35.4 Å². The number of nitrogens with one attached hydrogen (secondary N) is 2. The Kier molecular flexibility index (Phi) is 8.45. The van der Waals surface area contributed by atoms with E-state index >= 15 is 4.39 Å². The number of hydroxylamine groups is 1. The molecule has 2 aromatic heterocycles. The average molecular weight is 612 g/mol. The molecule has 13 nitrogen and oxygen atoms in total. The Balaban J connectivity index is 1.31. The second kappa shape index (κ2) is 12.2. The zero-order valence-corrected chi connectivity index (χ0v) is 23.8. The number of carbonyl (C=O) groups excluding carboxylic acids is 4. The lowest BCUT2D eigenvalue weighted by molar-refractivity contribution is -0.689. The van der Waals surface area contributed by atoms with E-state index in [-0.39, 0.29) is 48.0 Å². The molecule has 2 N–H and O–H groups in total. The molecule has 1 aromatic carbocycles. The van der Waals surface area contributed by atoms with Crippen molar-refractivity contribution in [3.05, 3.63) is 82.3 Å². The molecule has 5 rings (SSSR count). The Hall–Kier alpha value is -4.76. The summed E-state index contributed by atoms with van der Waals surface area (Å²) in [7, 11) is 1.27. The number of fused-ring (bicyclic) bond motifs is 1. The molecule has 224 valence electrons. The van der Waals surface area contributed by atoms with Gasteiger partial charge in [-0.15, -0.1) is 11.8 Å². The highest BCUT2D eigenvalue weighted by Gasteiger charge is 2.53. The van der Waals surface area contributed by atoms with Gasteiger partial charge in [-0.05, 0) is 23.8 Å². The van der Waals surface area contributed by atoms with Gasteiger partial charge in [0.15, 0.2) is 18.9 Å². The summed E-state index contributed by atoms with van der Waals surface area (Å²) >= 11 is 1.36. The van der Waals surface area contributed by atoms with E-state index in [2.05, 4.69) is 15.6 Å². The van der Waals surface area contributed by atoms with Crippen molar-refractivity contribution in [3.63, 3.8) is 0 Å². The maximum atomic E-state index is 15.2. The van der Waals surface area contributed by atoms with E-state index in [1.54, 1.807) is 36.0 Å². The van der Waals surface area contributed by atoms with E-state index in [1.807, 2.05) is 0 Å². The number of pyridine rings is 1. The molecule has 3 aromatic rings. The minimum Gasteiger partial charge on any atom is -0.543 e. The van der Waals surface area contributed by atoms with Crippen molar-refractivity contribution in [1.29, 1.82) is 0 Å². The third-order valence-corrected chi connectivity index (χ3v) is 8.26. The number of nitrogens with zero attached hydrogens (tertiary/aromatic N) is 3. The molecule has 0 spiro atoms. The molecule has 0 radical (unpaired) electrons. The summed E-state index contributed by atoms with van der Waals surface area (Å²) in [6, 6.07) is 6.72. The standard InChI is InChI=1S/C28H26FN5O8S/c1-3-21(35)30-23-25(37)34-24(27(38)39)16(14-43-26(23)34)12-32-8-6-15(7-9-32)19-5-4-17(10-20(19)29)33-13-18(42-28(33)40)11-22(36)31-41-2/h4-10,13,23,26H,3,11-12,14H2,1-2H3,(H2-,30,31,35,36,38,39)/t23-,26+/m1/s1. The van der Waals surface area contributed by atoms with Crippen LogP contribution in [-0.2, 0) is 37.0 Å². The number of benzene rings is 1. The summed E-state index contributed by atoms with van der Waals surface area (Å²) < 4.78 is 23.0. The van der Waals surface area contributed by atoms with Crippen molar-refractivity contribution in [1.82, 2.24) is 20.3 Å². The molecular weight excluding hydrogens is 585 g/mol. The molecule has 0 bridgehead atoms. The number of hydrogen-bond acceptors (Lipinski definition) is 9. The van der Waals surface area contributed by atoms with Crippen LogP contribution in [0.3, 0.4) is 0 Å². The fourth-order valence-electron chi connectivity index (χ4n) is 4.87. The van der Waals surface area contributed by atoms with Gasteiger partial charge in [0.05, 0.1) is 37.1 Å². The Morgan fingerprint density at radius 2 is 1.93 bits per heavy atom. The molecule has 3 amide bonds. The first-order valence-corrected chi connectivity index (χ1v) is 14.2. The van der Waals surface area contributed by atoms with Crippen molar-refractivity contribution in [2.45, 2.75) is 37.7 Å². The largest absolute Gasteiger partial charge is 0.543 e. The number of oxazole rings is 1. The van der Waals surface area contributed by atoms with Crippen LogP contribution in [0.2, 0.25) is 0 Å². The molecule has 1 saturated heterocycles. The van der Waals surface area contributed by atoms with Crippen LogP contribution in [0, 0.1) is 5.82 Å². The first-order chi connectivity index (χ1) is 20.6. The fraction of sp³-hybridized carbons (Fsp3) is 0.286. The van der Waals surface area contributed by atoms with Gasteiger partial charge in [-0.25, -0.2) is 23.8 Å². The average Bonchev–Trinajstić information content (AvgIpc) is 3.35. The number of thioether (sulfide) groups is 1. The highest BCUT2D eigenvalue weighted by atomic mass is 32.2. The van der Waals surface area contributed by atoms with Gasteiger partial charge in [0.25, 0.3) is 11.8 Å². The Morgan fingerprint density at radius 1 is 1.19 bits per heavy atom. The zero-order valence-electron chi connectivity index (χ0n) is 23.0. The quantitative estimate of drug-likeness (QED) is 0.176. The van der Waals surface area contributed by atoms with Crippen LogP contribution in [-0.4, -0.2) is 57.4 Å². The number of carboxylic acids is 1. The molecule has 0 aliphatic carbocycles. The second-order valence-corrected chi connectivity index (χ2v) is 10.8. The summed E-state index contributed by atoms with van der Waals surface area (Å²) in [5, 5.41) is 14.1. The maximum Gasteiger partial charge on any atom is 0.423 e. The Bertz CT molecular complexity index is 1700. The third-order valence-electron chi connectivity index (χ3n) is 6.92.